The molecule has 0 spiro atoms. The van der Waals surface area contributed by atoms with Crippen LogP contribution in [0.25, 0.3) is 0 Å². The van der Waals surface area contributed by atoms with Crippen LogP contribution in [0, 0.1) is 0 Å². The maximum atomic E-state index is 10.8. The van der Waals surface area contributed by atoms with E-state index in [1.165, 1.54) is 4.90 Å². The lowest BCUT2D eigenvalue weighted by atomic mass is 10.1. The molecule has 86 valence electrons. The number of amides is 1. The summed E-state index contributed by atoms with van der Waals surface area (Å²) in [6.07, 6.45) is -1.04. The van der Waals surface area contributed by atoms with Gasteiger partial charge in [-0.2, -0.15) is 0 Å². The van der Waals surface area contributed by atoms with Gasteiger partial charge in [-0.15, -0.1) is 0 Å². The number of ether oxygens (including phenoxy) is 1. The number of benzene rings is 1. The average molecular weight is 286 g/mol. The third-order valence-corrected chi connectivity index (χ3v) is 3.11. The van der Waals surface area contributed by atoms with Crippen LogP contribution >= 0.6 is 15.9 Å². The SMILES string of the molecule is O=C(O)N1CCOC(c2ccc(Br)cc2)C1. The number of morpholine rings is 1. The first-order valence-electron chi connectivity index (χ1n) is 5.02. The monoisotopic (exact) mass is 285 g/mol. The van der Waals surface area contributed by atoms with Gasteiger partial charge in [0.05, 0.1) is 13.2 Å². The second kappa shape index (κ2) is 4.84. The summed E-state index contributed by atoms with van der Waals surface area (Å²) in [5.74, 6) is 0. The van der Waals surface area contributed by atoms with Crippen molar-refractivity contribution in [1.82, 2.24) is 4.90 Å². The Morgan fingerprint density at radius 3 is 2.75 bits per heavy atom. The van der Waals surface area contributed by atoms with Crippen molar-refractivity contribution in [3.8, 4) is 0 Å². The van der Waals surface area contributed by atoms with Crippen molar-refractivity contribution >= 4 is 22.0 Å². The number of hydrogen-bond acceptors (Lipinski definition) is 2. The molecule has 2 rings (SSSR count). The summed E-state index contributed by atoms with van der Waals surface area (Å²) in [6.45, 7) is 1.30. The van der Waals surface area contributed by atoms with E-state index in [0.717, 1.165) is 10.0 Å². The van der Waals surface area contributed by atoms with E-state index in [9.17, 15) is 4.79 Å². The van der Waals surface area contributed by atoms with Gasteiger partial charge in [-0.3, -0.25) is 0 Å². The Morgan fingerprint density at radius 2 is 2.12 bits per heavy atom. The Bertz CT molecular complexity index is 379. The van der Waals surface area contributed by atoms with Crippen molar-refractivity contribution in [3.05, 3.63) is 34.3 Å². The van der Waals surface area contributed by atoms with Crippen LogP contribution in [-0.2, 0) is 4.74 Å². The molecule has 0 aromatic heterocycles. The first-order chi connectivity index (χ1) is 7.66. The zero-order valence-corrected chi connectivity index (χ0v) is 10.2. The fraction of sp³-hybridized carbons (Fsp3) is 0.364. The molecule has 1 heterocycles. The zero-order valence-electron chi connectivity index (χ0n) is 8.60. The minimum atomic E-state index is -0.884. The Labute approximate surface area is 102 Å². The summed E-state index contributed by atoms with van der Waals surface area (Å²) in [6, 6.07) is 7.75. The van der Waals surface area contributed by atoms with Crippen LogP contribution in [-0.4, -0.2) is 35.8 Å². The van der Waals surface area contributed by atoms with Gasteiger partial charge in [0, 0.05) is 11.0 Å². The maximum absolute atomic E-state index is 10.8. The lowest BCUT2D eigenvalue weighted by Gasteiger charge is -2.31. The van der Waals surface area contributed by atoms with Gasteiger partial charge in [-0.25, -0.2) is 4.79 Å². The van der Waals surface area contributed by atoms with Gasteiger partial charge < -0.3 is 14.7 Å². The number of nitrogens with zero attached hydrogens (tertiary/aromatic N) is 1. The Morgan fingerprint density at radius 1 is 1.44 bits per heavy atom. The highest BCUT2D eigenvalue weighted by atomic mass is 79.9. The molecule has 16 heavy (non-hydrogen) atoms. The third-order valence-electron chi connectivity index (χ3n) is 2.58. The molecule has 0 bridgehead atoms. The lowest BCUT2D eigenvalue weighted by Crippen LogP contribution is -2.41. The van der Waals surface area contributed by atoms with Gasteiger partial charge in [-0.1, -0.05) is 28.1 Å². The minimum Gasteiger partial charge on any atom is -0.465 e. The Kier molecular flexibility index (Phi) is 3.46. The molecular weight excluding hydrogens is 274 g/mol. The highest BCUT2D eigenvalue weighted by Crippen LogP contribution is 2.23. The Hall–Kier alpha value is -1.07. The summed E-state index contributed by atoms with van der Waals surface area (Å²) < 4.78 is 6.57. The fourth-order valence-corrected chi connectivity index (χ4v) is 1.97. The summed E-state index contributed by atoms with van der Waals surface area (Å²) in [5.41, 5.74) is 1.01. The Balaban J connectivity index is 2.09. The summed E-state index contributed by atoms with van der Waals surface area (Å²) >= 11 is 3.36. The average Bonchev–Trinajstić information content (AvgIpc) is 2.30. The largest absolute Gasteiger partial charge is 0.465 e. The molecule has 1 saturated heterocycles. The maximum Gasteiger partial charge on any atom is 0.407 e. The second-order valence-electron chi connectivity index (χ2n) is 3.64. The smallest absolute Gasteiger partial charge is 0.407 e. The van der Waals surface area contributed by atoms with Crippen molar-refractivity contribution in [2.24, 2.45) is 0 Å². The molecular formula is C11H12BrNO3. The van der Waals surface area contributed by atoms with E-state index >= 15 is 0 Å². The highest BCUT2D eigenvalue weighted by molar-refractivity contribution is 9.10. The molecule has 1 aliphatic rings. The molecule has 1 amide bonds. The van der Waals surface area contributed by atoms with Gasteiger partial charge in [0.1, 0.15) is 6.10 Å². The normalized spacial score (nSPS) is 20.8. The molecule has 1 unspecified atom stereocenters. The molecule has 1 aliphatic heterocycles. The van der Waals surface area contributed by atoms with E-state index < -0.39 is 6.09 Å². The van der Waals surface area contributed by atoms with Gasteiger partial charge >= 0.3 is 6.09 Å². The minimum absolute atomic E-state index is 0.155. The van der Waals surface area contributed by atoms with Crippen molar-refractivity contribution in [3.63, 3.8) is 0 Å². The van der Waals surface area contributed by atoms with E-state index in [4.69, 9.17) is 9.84 Å². The first kappa shape index (κ1) is 11.4. The van der Waals surface area contributed by atoms with Crippen LogP contribution in [0.15, 0.2) is 28.7 Å². The number of rotatable bonds is 1. The van der Waals surface area contributed by atoms with Gasteiger partial charge in [-0.05, 0) is 17.7 Å². The molecule has 1 aromatic rings. The summed E-state index contributed by atoms with van der Waals surface area (Å²) in [5, 5.41) is 8.91. The van der Waals surface area contributed by atoms with Gasteiger partial charge in [0.25, 0.3) is 0 Å². The van der Waals surface area contributed by atoms with Crippen molar-refractivity contribution in [2.45, 2.75) is 6.10 Å². The number of carboxylic acid groups (broad SMARTS) is 1. The van der Waals surface area contributed by atoms with Crippen molar-refractivity contribution in [1.29, 1.82) is 0 Å². The van der Waals surface area contributed by atoms with Crippen LogP contribution in [0.1, 0.15) is 11.7 Å². The number of carbonyl (C=O) groups is 1. The van der Waals surface area contributed by atoms with Crippen LogP contribution in [0.4, 0.5) is 4.79 Å². The van der Waals surface area contributed by atoms with E-state index in [-0.39, 0.29) is 6.10 Å². The van der Waals surface area contributed by atoms with Crippen LogP contribution in [0.2, 0.25) is 0 Å². The van der Waals surface area contributed by atoms with E-state index in [0.29, 0.717) is 19.7 Å². The first-order valence-corrected chi connectivity index (χ1v) is 5.81. The third kappa shape index (κ3) is 2.54. The zero-order chi connectivity index (χ0) is 11.5. The predicted octanol–water partition coefficient (Wildman–Crippen LogP) is 2.50. The molecule has 0 saturated carbocycles. The second-order valence-corrected chi connectivity index (χ2v) is 4.56. The van der Waals surface area contributed by atoms with Crippen molar-refractivity contribution < 1.29 is 14.6 Å². The van der Waals surface area contributed by atoms with Crippen LogP contribution < -0.4 is 0 Å². The van der Waals surface area contributed by atoms with Gasteiger partial charge in [0.15, 0.2) is 0 Å². The molecule has 1 fully saturated rings. The predicted molar refractivity (Wildman–Crippen MR) is 62.4 cm³/mol. The number of hydrogen-bond donors (Lipinski definition) is 1. The van der Waals surface area contributed by atoms with Crippen LogP contribution in [0.5, 0.6) is 0 Å². The van der Waals surface area contributed by atoms with Crippen molar-refractivity contribution in [2.75, 3.05) is 19.7 Å². The molecule has 0 aliphatic carbocycles. The number of halogens is 1. The lowest BCUT2D eigenvalue weighted by molar-refractivity contribution is -0.0232. The molecule has 1 atom stereocenters. The molecule has 5 heteroatoms. The summed E-state index contributed by atoms with van der Waals surface area (Å²) in [7, 11) is 0. The molecule has 4 nitrogen and oxygen atoms in total. The molecule has 1 N–H and O–H groups in total. The fourth-order valence-electron chi connectivity index (χ4n) is 1.70. The topological polar surface area (TPSA) is 49.8 Å². The van der Waals surface area contributed by atoms with Crippen LogP contribution in [0.3, 0.4) is 0 Å². The van der Waals surface area contributed by atoms with E-state index in [1.807, 2.05) is 24.3 Å². The highest BCUT2D eigenvalue weighted by Gasteiger charge is 2.24. The van der Waals surface area contributed by atoms with E-state index in [2.05, 4.69) is 15.9 Å². The standard InChI is InChI=1S/C11H12BrNO3/c12-9-3-1-8(2-4-9)10-7-13(11(14)15)5-6-16-10/h1-4,10H,5-7H2,(H,14,15). The van der Waals surface area contributed by atoms with Gasteiger partial charge in [0.2, 0.25) is 0 Å². The quantitative estimate of drug-likeness (QED) is 0.863. The molecule has 0 radical (unpaired) electrons. The molecule has 1 aromatic carbocycles. The summed E-state index contributed by atoms with van der Waals surface area (Å²) in [4.78, 5) is 12.2. The van der Waals surface area contributed by atoms with E-state index in [1.54, 1.807) is 0 Å².